The highest BCUT2D eigenvalue weighted by molar-refractivity contribution is 5.91. The van der Waals surface area contributed by atoms with Crippen LogP contribution in [-0.4, -0.2) is 48.3 Å². The molecule has 24 heavy (non-hydrogen) atoms. The molecule has 1 fully saturated rings. The topological polar surface area (TPSA) is 64.6 Å². The molecular formula is C19H31N3O2. The van der Waals surface area contributed by atoms with Crippen molar-refractivity contribution in [2.75, 3.05) is 31.5 Å². The smallest absolute Gasteiger partial charge is 0.319 e. The maximum atomic E-state index is 12.1. The minimum absolute atomic E-state index is 0.259. The molecule has 0 saturated carbocycles. The molecule has 1 saturated heterocycles. The summed E-state index contributed by atoms with van der Waals surface area (Å²) in [6, 6.07) is 5.75. The lowest BCUT2D eigenvalue weighted by molar-refractivity contribution is 0.0924. The Morgan fingerprint density at radius 3 is 2.75 bits per heavy atom. The van der Waals surface area contributed by atoms with Crippen LogP contribution in [0.4, 0.5) is 10.5 Å². The van der Waals surface area contributed by atoms with Crippen LogP contribution in [0.15, 0.2) is 18.2 Å². The molecule has 1 aromatic carbocycles. The number of amides is 2. The van der Waals surface area contributed by atoms with Gasteiger partial charge in [0.1, 0.15) is 0 Å². The van der Waals surface area contributed by atoms with Crippen molar-refractivity contribution in [2.45, 2.75) is 46.1 Å². The monoisotopic (exact) mass is 333 g/mol. The summed E-state index contributed by atoms with van der Waals surface area (Å²) in [6.45, 7) is 9.29. The summed E-state index contributed by atoms with van der Waals surface area (Å²) in [7, 11) is 0. The zero-order valence-electron chi connectivity index (χ0n) is 15.1. The number of aliphatic hydroxyl groups is 1. The summed E-state index contributed by atoms with van der Waals surface area (Å²) < 4.78 is 0. The van der Waals surface area contributed by atoms with E-state index in [2.05, 4.69) is 29.4 Å². The highest BCUT2D eigenvalue weighted by Gasteiger charge is 2.18. The van der Waals surface area contributed by atoms with Crippen molar-refractivity contribution in [3.05, 3.63) is 29.3 Å². The summed E-state index contributed by atoms with van der Waals surface area (Å²) in [6.07, 6.45) is 2.71. The van der Waals surface area contributed by atoms with Crippen LogP contribution in [0.1, 0.15) is 37.8 Å². The third-order valence-corrected chi connectivity index (χ3v) is 4.82. The Morgan fingerprint density at radius 1 is 1.38 bits per heavy atom. The molecule has 0 aliphatic carbocycles. The highest BCUT2D eigenvalue weighted by Crippen LogP contribution is 2.20. The minimum Gasteiger partial charge on any atom is -0.390 e. The van der Waals surface area contributed by atoms with E-state index in [1.165, 1.54) is 12.8 Å². The lowest BCUT2D eigenvalue weighted by Crippen LogP contribution is -2.43. The van der Waals surface area contributed by atoms with Gasteiger partial charge < -0.3 is 20.6 Å². The Hall–Kier alpha value is -1.59. The van der Waals surface area contributed by atoms with Crippen LogP contribution in [0.5, 0.6) is 0 Å². The number of β-amino-alcohol motifs (C(OH)–C–C–N with tert-alkyl or cyclic N) is 1. The number of nitrogens with one attached hydrogen (secondary N) is 2. The molecule has 2 rings (SSSR count). The lowest BCUT2D eigenvalue weighted by Gasteiger charge is -2.31. The lowest BCUT2D eigenvalue weighted by atomic mass is 9.99. The number of rotatable bonds is 6. The van der Waals surface area contributed by atoms with Gasteiger partial charge in [-0.1, -0.05) is 32.0 Å². The second-order valence-corrected chi connectivity index (χ2v) is 6.93. The van der Waals surface area contributed by atoms with Crippen LogP contribution in [0.25, 0.3) is 0 Å². The normalized spacial score (nSPS) is 17.5. The van der Waals surface area contributed by atoms with E-state index in [1.54, 1.807) is 0 Å². The quantitative estimate of drug-likeness (QED) is 0.750. The number of aryl methyl sites for hydroxylation is 2. The zero-order valence-corrected chi connectivity index (χ0v) is 15.1. The summed E-state index contributed by atoms with van der Waals surface area (Å²) in [4.78, 5) is 14.4. The molecule has 2 amide bonds. The summed E-state index contributed by atoms with van der Waals surface area (Å²) in [5, 5.41) is 15.9. The number of nitrogens with zero attached hydrogens (tertiary/aromatic N) is 1. The number of benzene rings is 1. The number of hydrogen-bond donors (Lipinski definition) is 3. The van der Waals surface area contributed by atoms with Gasteiger partial charge >= 0.3 is 6.03 Å². The SMILES string of the molecule is CCc1cccc(C)c1NC(=O)NCC(O)CN1CCC(C)CC1. The third-order valence-electron chi connectivity index (χ3n) is 4.82. The molecule has 1 aliphatic heterocycles. The predicted octanol–water partition coefficient (Wildman–Crippen LogP) is 2.77. The molecule has 1 unspecified atom stereocenters. The number of carbonyl (C=O) groups excluding carboxylic acids is 1. The fourth-order valence-corrected chi connectivity index (χ4v) is 3.18. The van der Waals surface area contributed by atoms with Gasteiger partial charge in [-0.15, -0.1) is 0 Å². The Labute approximate surface area is 145 Å². The molecular weight excluding hydrogens is 302 g/mol. The first-order valence-electron chi connectivity index (χ1n) is 9.03. The number of hydrogen-bond acceptors (Lipinski definition) is 3. The van der Waals surface area contributed by atoms with E-state index in [-0.39, 0.29) is 12.6 Å². The Balaban J connectivity index is 1.77. The van der Waals surface area contributed by atoms with Gasteiger partial charge in [0, 0.05) is 18.8 Å². The van der Waals surface area contributed by atoms with Crippen LogP contribution in [0.2, 0.25) is 0 Å². The molecule has 0 radical (unpaired) electrons. The van der Waals surface area contributed by atoms with Gasteiger partial charge in [0.05, 0.1) is 6.10 Å². The molecule has 1 heterocycles. The van der Waals surface area contributed by atoms with Crippen molar-refractivity contribution in [1.29, 1.82) is 0 Å². The minimum atomic E-state index is -0.535. The third kappa shape index (κ3) is 5.49. The second kappa shape index (κ2) is 9.04. The molecule has 134 valence electrons. The number of para-hydroxylation sites is 1. The standard InChI is InChI=1S/C19H31N3O2/c1-4-16-7-5-6-15(3)18(16)21-19(24)20-12-17(23)13-22-10-8-14(2)9-11-22/h5-7,14,17,23H,4,8-13H2,1-3H3,(H2,20,21,24). The predicted molar refractivity (Wildman–Crippen MR) is 98.4 cm³/mol. The summed E-state index contributed by atoms with van der Waals surface area (Å²) >= 11 is 0. The molecule has 3 N–H and O–H groups in total. The Kier molecular flexibility index (Phi) is 7.06. The van der Waals surface area contributed by atoms with E-state index >= 15 is 0 Å². The first kappa shape index (κ1) is 18.7. The van der Waals surface area contributed by atoms with Crippen LogP contribution in [0.3, 0.4) is 0 Å². The number of aliphatic hydroxyl groups excluding tert-OH is 1. The van der Waals surface area contributed by atoms with Crippen LogP contribution in [0, 0.1) is 12.8 Å². The van der Waals surface area contributed by atoms with Crippen molar-refractivity contribution >= 4 is 11.7 Å². The van der Waals surface area contributed by atoms with Gasteiger partial charge in [0.2, 0.25) is 0 Å². The maximum Gasteiger partial charge on any atom is 0.319 e. The molecule has 0 spiro atoms. The first-order chi connectivity index (χ1) is 11.5. The van der Waals surface area contributed by atoms with Crippen molar-refractivity contribution in [3.63, 3.8) is 0 Å². The highest BCUT2D eigenvalue weighted by atomic mass is 16.3. The molecule has 5 nitrogen and oxygen atoms in total. The van der Waals surface area contributed by atoms with Crippen molar-refractivity contribution in [2.24, 2.45) is 5.92 Å². The van der Waals surface area contributed by atoms with Gasteiger partial charge in [-0.25, -0.2) is 4.79 Å². The van der Waals surface area contributed by atoms with Gasteiger partial charge in [-0.05, 0) is 56.3 Å². The van der Waals surface area contributed by atoms with Gasteiger partial charge in [-0.3, -0.25) is 0 Å². The summed E-state index contributed by atoms with van der Waals surface area (Å²) in [5.41, 5.74) is 3.04. The van der Waals surface area contributed by atoms with Crippen LogP contribution in [-0.2, 0) is 6.42 Å². The van der Waals surface area contributed by atoms with Crippen LogP contribution < -0.4 is 10.6 Å². The second-order valence-electron chi connectivity index (χ2n) is 6.93. The van der Waals surface area contributed by atoms with E-state index in [4.69, 9.17) is 0 Å². The zero-order chi connectivity index (χ0) is 17.5. The Morgan fingerprint density at radius 2 is 2.08 bits per heavy atom. The van der Waals surface area contributed by atoms with E-state index in [9.17, 15) is 9.90 Å². The fraction of sp³-hybridized carbons (Fsp3) is 0.632. The number of carbonyl (C=O) groups is 1. The summed E-state index contributed by atoms with van der Waals surface area (Å²) in [5.74, 6) is 0.782. The van der Waals surface area contributed by atoms with Gasteiger partial charge in [0.15, 0.2) is 0 Å². The van der Waals surface area contributed by atoms with Gasteiger partial charge in [0.25, 0.3) is 0 Å². The number of urea groups is 1. The van der Waals surface area contributed by atoms with E-state index < -0.39 is 6.10 Å². The average molecular weight is 333 g/mol. The van der Waals surface area contributed by atoms with E-state index in [0.29, 0.717) is 6.54 Å². The molecule has 5 heteroatoms. The molecule has 1 aromatic rings. The molecule has 1 aliphatic rings. The fourth-order valence-electron chi connectivity index (χ4n) is 3.18. The van der Waals surface area contributed by atoms with Gasteiger partial charge in [-0.2, -0.15) is 0 Å². The average Bonchev–Trinajstić information content (AvgIpc) is 2.57. The van der Waals surface area contributed by atoms with Crippen molar-refractivity contribution < 1.29 is 9.90 Å². The number of likely N-dealkylation sites (tertiary alicyclic amines) is 1. The van der Waals surface area contributed by atoms with Crippen molar-refractivity contribution in [3.8, 4) is 0 Å². The Bertz CT molecular complexity index is 539. The molecule has 1 atom stereocenters. The first-order valence-corrected chi connectivity index (χ1v) is 9.03. The van der Waals surface area contributed by atoms with E-state index in [1.807, 2.05) is 25.1 Å². The maximum absolute atomic E-state index is 12.1. The molecule has 0 aromatic heterocycles. The number of anilines is 1. The number of piperidine rings is 1. The molecule has 0 bridgehead atoms. The van der Waals surface area contributed by atoms with E-state index in [0.717, 1.165) is 42.2 Å². The van der Waals surface area contributed by atoms with Crippen molar-refractivity contribution in [1.82, 2.24) is 10.2 Å². The van der Waals surface area contributed by atoms with Crippen LogP contribution >= 0.6 is 0 Å². The largest absolute Gasteiger partial charge is 0.390 e.